The van der Waals surface area contributed by atoms with E-state index in [0.717, 1.165) is 52.0 Å². The van der Waals surface area contributed by atoms with Gasteiger partial charge in [-0.1, -0.05) is 19.8 Å². The number of amides is 1. The van der Waals surface area contributed by atoms with Crippen LogP contribution in [0.15, 0.2) is 0 Å². The highest BCUT2D eigenvalue weighted by atomic mass is 32.2. The second-order valence-corrected chi connectivity index (χ2v) is 7.78. The maximum absolute atomic E-state index is 11.7. The first-order valence-electron chi connectivity index (χ1n) is 7.93. The molecule has 1 saturated heterocycles. The zero-order valence-corrected chi connectivity index (χ0v) is 13.9. The van der Waals surface area contributed by atoms with Gasteiger partial charge in [-0.2, -0.15) is 0 Å². The zero-order valence-electron chi connectivity index (χ0n) is 13.1. The largest absolute Gasteiger partial charge is 0.355 e. The summed E-state index contributed by atoms with van der Waals surface area (Å²) in [6, 6.07) is 0. The van der Waals surface area contributed by atoms with Crippen LogP contribution < -0.4 is 10.6 Å². The lowest BCUT2D eigenvalue weighted by Gasteiger charge is -2.27. The molecule has 1 aliphatic rings. The third kappa shape index (κ3) is 9.06. The number of nitrogens with zero attached hydrogens (tertiary/aromatic N) is 1. The lowest BCUT2D eigenvalue weighted by atomic mass is 10.3. The van der Waals surface area contributed by atoms with Gasteiger partial charge in [0.05, 0.1) is 5.75 Å². The number of hydrogen-bond acceptors (Lipinski definition) is 5. The van der Waals surface area contributed by atoms with Crippen molar-refractivity contribution >= 4 is 15.7 Å². The van der Waals surface area contributed by atoms with Crippen molar-refractivity contribution in [2.45, 2.75) is 32.6 Å². The molecule has 1 fully saturated rings. The SMILES string of the molecule is CCCCCS(=O)(=O)CC(=O)NCCCN1CCNCC1. The molecule has 6 nitrogen and oxygen atoms in total. The molecule has 0 aromatic carbocycles. The Hall–Kier alpha value is -0.660. The van der Waals surface area contributed by atoms with Gasteiger partial charge in [0.15, 0.2) is 9.84 Å². The second kappa shape index (κ2) is 10.1. The van der Waals surface area contributed by atoms with Crippen molar-refractivity contribution in [3.8, 4) is 0 Å². The van der Waals surface area contributed by atoms with Gasteiger partial charge in [0, 0.05) is 32.7 Å². The van der Waals surface area contributed by atoms with Crippen molar-refractivity contribution in [3.05, 3.63) is 0 Å². The van der Waals surface area contributed by atoms with E-state index in [4.69, 9.17) is 0 Å². The number of carbonyl (C=O) groups is 1. The first-order chi connectivity index (χ1) is 10.0. The minimum Gasteiger partial charge on any atom is -0.355 e. The van der Waals surface area contributed by atoms with Crippen molar-refractivity contribution in [3.63, 3.8) is 0 Å². The molecule has 1 heterocycles. The molecular formula is C14H29N3O3S. The normalized spacial score (nSPS) is 16.8. The summed E-state index contributed by atoms with van der Waals surface area (Å²) < 4.78 is 23.4. The van der Waals surface area contributed by atoms with Gasteiger partial charge in [-0.05, 0) is 19.4 Å². The van der Waals surface area contributed by atoms with Crippen molar-refractivity contribution in [2.24, 2.45) is 0 Å². The van der Waals surface area contributed by atoms with Crippen molar-refractivity contribution in [1.29, 1.82) is 0 Å². The van der Waals surface area contributed by atoms with Gasteiger partial charge >= 0.3 is 0 Å². The summed E-state index contributed by atoms with van der Waals surface area (Å²) in [5.74, 6) is -0.619. The summed E-state index contributed by atoms with van der Waals surface area (Å²) in [5, 5.41) is 6.00. The first-order valence-corrected chi connectivity index (χ1v) is 9.76. The average Bonchev–Trinajstić information content (AvgIpc) is 2.44. The molecule has 0 spiro atoms. The molecule has 2 N–H and O–H groups in total. The van der Waals surface area contributed by atoms with Crippen molar-refractivity contribution in [1.82, 2.24) is 15.5 Å². The van der Waals surface area contributed by atoms with Crippen LogP contribution in [0.2, 0.25) is 0 Å². The first kappa shape index (κ1) is 18.4. The molecular weight excluding hydrogens is 290 g/mol. The van der Waals surface area contributed by atoms with Gasteiger partial charge in [0.1, 0.15) is 5.75 Å². The number of nitrogens with one attached hydrogen (secondary N) is 2. The van der Waals surface area contributed by atoms with Crippen LogP contribution >= 0.6 is 0 Å². The van der Waals surface area contributed by atoms with Crippen LogP contribution in [0, 0.1) is 0 Å². The molecule has 0 radical (unpaired) electrons. The van der Waals surface area contributed by atoms with Gasteiger partial charge in [0.25, 0.3) is 0 Å². The third-order valence-electron chi connectivity index (χ3n) is 3.59. The maximum atomic E-state index is 11.7. The van der Waals surface area contributed by atoms with Crippen molar-refractivity contribution in [2.75, 3.05) is 50.8 Å². The molecule has 21 heavy (non-hydrogen) atoms. The Morgan fingerprint density at radius 1 is 1.19 bits per heavy atom. The van der Waals surface area contributed by atoms with Gasteiger partial charge < -0.3 is 15.5 Å². The Balaban J connectivity index is 2.09. The number of sulfone groups is 1. The van der Waals surface area contributed by atoms with Crippen LogP contribution in [0.25, 0.3) is 0 Å². The predicted octanol–water partition coefficient (Wildman–Crippen LogP) is 0.00290. The zero-order chi connectivity index (χ0) is 15.6. The Morgan fingerprint density at radius 3 is 2.57 bits per heavy atom. The number of unbranched alkanes of at least 4 members (excludes halogenated alkanes) is 2. The number of rotatable bonds is 10. The monoisotopic (exact) mass is 319 g/mol. The molecule has 0 aromatic heterocycles. The molecule has 0 atom stereocenters. The Morgan fingerprint density at radius 2 is 1.90 bits per heavy atom. The van der Waals surface area contributed by atoms with E-state index in [0.29, 0.717) is 13.0 Å². The fraction of sp³-hybridized carbons (Fsp3) is 0.929. The van der Waals surface area contributed by atoms with E-state index in [1.807, 2.05) is 6.92 Å². The highest BCUT2D eigenvalue weighted by Gasteiger charge is 2.16. The molecule has 1 amide bonds. The summed E-state index contributed by atoms with van der Waals surface area (Å²) >= 11 is 0. The quantitative estimate of drug-likeness (QED) is 0.554. The van der Waals surface area contributed by atoms with Crippen LogP contribution in [0.1, 0.15) is 32.6 Å². The minimum absolute atomic E-state index is 0.120. The predicted molar refractivity (Wildman–Crippen MR) is 85.1 cm³/mol. The molecule has 0 saturated carbocycles. The minimum atomic E-state index is -3.24. The van der Waals surface area contributed by atoms with Crippen molar-refractivity contribution < 1.29 is 13.2 Å². The van der Waals surface area contributed by atoms with E-state index < -0.39 is 9.84 Å². The molecule has 0 aromatic rings. The third-order valence-corrected chi connectivity index (χ3v) is 5.21. The Bertz CT molecular complexity index is 392. The van der Waals surface area contributed by atoms with Gasteiger partial charge in [0.2, 0.25) is 5.91 Å². The molecule has 124 valence electrons. The Labute approximate surface area is 128 Å². The smallest absolute Gasteiger partial charge is 0.235 e. The molecule has 7 heteroatoms. The maximum Gasteiger partial charge on any atom is 0.235 e. The number of hydrogen-bond donors (Lipinski definition) is 2. The van der Waals surface area contributed by atoms with Crippen LogP contribution in [0.3, 0.4) is 0 Å². The highest BCUT2D eigenvalue weighted by Crippen LogP contribution is 2.00. The van der Waals surface area contributed by atoms with Crippen LogP contribution in [-0.2, 0) is 14.6 Å². The summed E-state index contributed by atoms with van der Waals surface area (Å²) in [7, 11) is -3.24. The van der Waals surface area contributed by atoms with Crippen LogP contribution in [-0.4, -0.2) is 70.0 Å². The number of carbonyl (C=O) groups excluding carboxylic acids is 1. The fourth-order valence-electron chi connectivity index (χ4n) is 2.36. The number of piperazine rings is 1. The summed E-state index contributed by atoms with van der Waals surface area (Å²) in [6.07, 6.45) is 3.38. The highest BCUT2D eigenvalue weighted by molar-refractivity contribution is 7.92. The lowest BCUT2D eigenvalue weighted by Crippen LogP contribution is -2.44. The topological polar surface area (TPSA) is 78.5 Å². The molecule has 1 aliphatic heterocycles. The average molecular weight is 319 g/mol. The van der Waals surface area contributed by atoms with Crippen LogP contribution in [0.5, 0.6) is 0 Å². The summed E-state index contributed by atoms with van der Waals surface area (Å²) in [5.41, 5.74) is 0. The van der Waals surface area contributed by atoms with Crippen LogP contribution in [0.4, 0.5) is 0 Å². The van der Waals surface area contributed by atoms with E-state index in [-0.39, 0.29) is 17.4 Å². The molecule has 0 aliphatic carbocycles. The summed E-state index contributed by atoms with van der Waals surface area (Å²) in [4.78, 5) is 14.0. The van der Waals surface area contributed by atoms with Gasteiger partial charge in [-0.25, -0.2) is 8.42 Å². The van der Waals surface area contributed by atoms with Gasteiger partial charge in [-0.15, -0.1) is 0 Å². The van der Waals surface area contributed by atoms with E-state index in [1.165, 1.54) is 0 Å². The molecule has 1 rings (SSSR count). The van der Waals surface area contributed by atoms with Gasteiger partial charge in [-0.3, -0.25) is 4.79 Å². The molecule has 0 bridgehead atoms. The fourth-order valence-corrected chi connectivity index (χ4v) is 3.65. The van der Waals surface area contributed by atoms with E-state index in [9.17, 15) is 13.2 Å². The lowest BCUT2D eigenvalue weighted by molar-refractivity contribution is -0.118. The van der Waals surface area contributed by atoms with E-state index in [2.05, 4.69) is 15.5 Å². The Kier molecular flexibility index (Phi) is 8.87. The van der Waals surface area contributed by atoms with E-state index >= 15 is 0 Å². The molecule has 0 unspecified atom stereocenters. The second-order valence-electron chi connectivity index (χ2n) is 5.59. The standard InChI is InChI=1S/C14H29N3O3S/c1-2-3-4-12-21(19,20)13-14(18)16-6-5-9-17-10-7-15-8-11-17/h15H,2-13H2,1H3,(H,16,18). The van der Waals surface area contributed by atoms with E-state index in [1.54, 1.807) is 0 Å². The summed E-state index contributed by atoms with van der Waals surface area (Å²) in [6.45, 7) is 7.64.